The van der Waals surface area contributed by atoms with Gasteiger partial charge < -0.3 is 18.8 Å². The molecule has 0 N–H and O–H groups in total. The van der Waals surface area contributed by atoms with Gasteiger partial charge in [-0.15, -0.1) is 10.2 Å². The summed E-state index contributed by atoms with van der Waals surface area (Å²) in [5, 5.41) is 9.82. The summed E-state index contributed by atoms with van der Waals surface area (Å²) in [7, 11) is 1.67. The summed E-state index contributed by atoms with van der Waals surface area (Å²) < 4.78 is 32.4. The van der Waals surface area contributed by atoms with E-state index < -0.39 is 0 Å². The third-order valence-corrected chi connectivity index (χ3v) is 5.75. The van der Waals surface area contributed by atoms with Gasteiger partial charge in [0, 0.05) is 34.3 Å². The first-order valence-corrected chi connectivity index (χ1v) is 10.2. The molecule has 7 heteroatoms. The van der Waals surface area contributed by atoms with Gasteiger partial charge in [0.05, 0.1) is 19.2 Å². The smallest absolute Gasteiger partial charge is 0.231 e. The minimum absolute atomic E-state index is 0.189. The molecule has 158 valence electrons. The lowest BCUT2D eigenvalue weighted by atomic mass is 10.0. The van der Waals surface area contributed by atoms with Crippen molar-refractivity contribution in [2.75, 3.05) is 13.9 Å². The van der Waals surface area contributed by atoms with Crippen molar-refractivity contribution in [3.8, 4) is 39.8 Å². The molecule has 0 aromatic heterocycles. The van der Waals surface area contributed by atoms with E-state index in [0.717, 1.165) is 39.0 Å². The number of aromatic nitrogens is 3. The van der Waals surface area contributed by atoms with E-state index in [1.807, 2.05) is 42.6 Å². The number of pyridine rings is 1. The third-order valence-electron chi connectivity index (χ3n) is 5.75. The van der Waals surface area contributed by atoms with E-state index in [1.54, 1.807) is 19.2 Å². The van der Waals surface area contributed by atoms with Crippen molar-refractivity contribution < 1.29 is 18.6 Å². The molecule has 32 heavy (non-hydrogen) atoms. The van der Waals surface area contributed by atoms with E-state index in [-0.39, 0.29) is 12.6 Å². The zero-order valence-electron chi connectivity index (χ0n) is 17.2. The van der Waals surface area contributed by atoms with E-state index in [2.05, 4.69) is 14.8 Å². The monoisotopic (exact) mass is 427 g/mol. The average molecular weight is 427 g/mol. The van der Waals surface area contributed by atoms with Gasteiger partial charge in [0.1, 0.15) is 23.0 Å². The van der Waals surface area contributed by atoms with Gasteiger partial charge in [-0.3, -0.25) is 0 Å². The van der Waals surface area contributed by atoms with Gasteiger partial charge in [0.2, 0.25) is 6.79 Å². The first-order chi connectivity index (χ1) is 15.7. The van der Waals surface area contributed by atoms with Crippen LogP contribution in [0.3, 0.4) is 0 Å². The first kappa shape index (κ1) is 18.6. The predicted octanol–water partition coefficient (Wildman–Crippen LogP) is 5.13. The zero-order chi connectivity index (χ0) is 21.7. The summed E-state index contributed by atoms with van der Waals surface area (Å²) in [6, 6.07) is 18.1. The van der Waals surface area contributed by atoms with Gasteiger partial charge in [-0.25, -0.2) is 4.39 Å². The fourth-order valence-electron chi connectivity index (χ4n) is 4.19. The summed E-state index contributed by atoms with van der Waals surface area (Å²) in [5.41, 5.74) is 5.12. The Morgan fingerprint density at radius 2 is 1.72 bits per heavy atom. The SMILES string of the molecule is COc1ccccc1Cn1cc2c(-c3ccc(F)cc3)nnc-2c2cc3c(cc21)OCO3. The van der Waals surface area contributed by atoms with Gasteiger partial charge in [0.15, 0.2) is 11.5 Å². The second kappa shape index (κ2) is 7.23. The maximum absolute atomic E-state index is 13.5. The van der Waals surface area contributed by atoms with Crippen LogP contribution in [0.4, 0.5) is 4.39 Å². The van der Waals surface area contributed by atoms with Crippen molar-refractivity contribution in [2.45, 2.75) is 6.54 Å². The zero-order valence-corrected chi connectivity index (χ0v) is 17.2. The molecule has 0 saturated heterocycles. The average Bonchev–Trinajstić information content (AvgIpc) is 3.45. The van der Waals surface area contributed by atoms with Crippen molar-refractivity contribution in [2.24, 2.45) is 0 Å². The molecule has 3 aromatic rings. The second-order valence-corrected chi connectivity index (χ2v) is 7.61. The van der Waals surface area contributed by atoms with E-state index in [0.29, 0.717) is 23.7 Å². The van der Waals surface area contributed by atoms with Crippen molar-refractivity contribution in [1.29, 1.82) is 0 Å². The van der Waals surface area contributed by atoms with Crippen LogP contribution in [0.15, 0.2) is 66.9 Å². The number of hydrogen-bond acceptors (Lipinski definition) is 5. The Balaban J connectivity index is 1.60. The summed E-state index contributed by atoms with van der Waals surface area (Å²) in [6.45, 7) is 0.763. The first-order valence-electron chi connectivity index (χ1n) is 10.2. The Labute approximate surface area is 183 Å². The van der Waals surface area contributed by atoms with Gasteiger partial charge >= 0.3 is 0 Å². The number of benzene rings is 3. The number of para-hydroxylation sites is 1. The highest BCUT2D eigenvalue weighted by atomic mass is 19.1. The number of methoxy groups -OCH3 is 1. The predicted molar refractivity (Wildman–Crippen MR) is 118 cm³/mol. The number of ether oxygens (including phenoxy) is 3. The molecule has 0 unspecified atom stereocenters. The van der Waals surface area contributed by atoms with Crippen LogP contribution in [-0.4, -0.2) is 28.7 Å². The summed E-state index contributed by atoms with van der Waals surface area (Å²) in [5.74, 6) is 1.90. The molecular weight excluding hydrogens is 409 g/mol. The van der Waals surface area contributed by atoms with Gasteiger partial charge in [-0.2, -0.15) is 0 Å². The Kier molecular flexibility index (Phi) is 4.21. The Morgan fingerprint density at radius 1 is 0.969 bits per heavy atom. The fourth-order valence-corrected chi connectivity index (χ4v) is 4.19. The minimum Gasteiger partial charge on any atom is -0.496 e. The minimum atomic E-state index is -0.290. The molecule has 6 rings (SSSR count). The molecule has 0 saturated carbocycles. The largest absolute Gasteiger partial charge is 0.496 e. The Morgan fingerprint density at radius 3 is 2.53 bits per heavy atom. The van der Waals surface area contributed by atoms with Crippen LogP contribution in [0.2, 0.25) is 0 Å². The molecule has 3 aliphatic heterocycles. The van der Waals surface area contributed by atoms with Crippen LogP contribution in [0.25, 0.3) is 33.4 Å². The van der Waals surface area contributed by atoms with E-state index in [1.165, 1.54) is 12.1 Å². The summed E-state index contributed by atoms with van der Waals surface area (Å²) >= 11 is 0. The Hall–Kier alpha value is -4.13. The Bertz CT molecular complexity index is 1430. The lowest BCUT2D eigenvalue weighted by Crippen LogP contribution is -2.05. The number of hydrogen-bond donors (Lipinski definition) is 0. The number of nitrogens with zero attached hydrogens (tertiary/aromatic N) is 3. The van der Waals surface area contributed by atoms with E-state index in [4.69, 9.17) is 14.2 Å². The van der Waals surface area contributed by atoms with Crippen molar-refractivity contribution in [3.05, 3.63) is 78.2 Å². The van der Waals surface area contributed by atoms with E-state index >= 15 is 0 Å². The maximum atomic E-state index is 13.5. The fraction of sp³-hybridized carbons (Fsp3) is 0.120. The van der Waals surface area contributed by atoms with Gasteiger partial charge in [-0.1, -0.05) is 18.2 Å². The van der Waals surface area contributed by atoms with Crippen LogP contribution >= 0.6 is 0 Å². The quantitative estimate of drug-likeness (QED) is 0.398. The van der Waals surface area contributed by atoms with Crippen molar-refractivity contribution in [3.63, 3.8) is 0 Å². The molecule has 0 spiro atoms. The summed E-state index contributed by atoms with van der Waals surface area (Å²) in [6.07, 6.45) is 2.03. The molecule has 0 amide bonds. The topological polar surface area (TPSA) is 58.4 Å². The molecule has 0 bridgehead atoms. The molecule has 6 nitrogen and oxygen atoms in total. The van der Waals surface area contributed by atoms with E-state index in [9.17, 15) is 4.39 Å². The lowest BCUT2D eigenvalue weighted by molar-refractivity contribution is 0.174. The highest BCUT2D eigenvalue weighted by Crippen LogP contribution is 2.42. The molecule has 0 fully saturated rings. The molecule has 0 atom stereocenters. The molecule has 3 heterocycles. The highest BCUT2D eigenvalue weighted by Gasteiger charge is 2.24. The van der Waals surface area contributed by atoms with Crippen molar-refractivity contribution in [1.82, 2.24) is 14.8 Å². The van der Waals surface area contributed by atoms with Gasteiger partial charge in [-0.05, 0) is 36.4 Å². The molecule has 0 radical (unpaired) electrons. The number of rotatable bonds is 4. The molecule has 3 aromatic carbocycles. The molecule has 3 aliphatic rings. The highest BCUT2D eigenvalue weighted by molar-refractivity contribution is 5.99. The lowest BCUT2D eigenvalue weighted by Gasteiger charge is -2.17. The number of halogens is 1. The van der Waals surface area contributed by atoms with Crippen LogP contribution in [0.1, 0.15) is 5.56 Å². The third kappa shape index (κ3) is 2.93. The second-order valence-electron chi connectivity index (χ2n) is 7.61. The number of fused-ring (bicyclic) bond motifs is 4. The van der Waals surface area contributed by atoms with Crippen LogP contribution in [0, 0.1) is 5.82 Å². The molecular formula is C25H18FN3O3. The van der Waals surface area contributed by atoms with Gasteiger partial charge in [0.25, 0.3) is 0 Å². The van der Waals surface area contributed by atoms with Crippen LogP contribution in [0.5, 0.6) is 17.2 Å². The summed E-state index contributed by atoms with van der Waals surface area (Å²) in [4.78, 5) is 0. The molecule has 0 aliphatic carbocycles. The normalized spacial score (nSPS) is 12.6. The van der Waals surface area contributed by atoms with Crippen LogP contribution in [-0.2, 0) is 6.54 Å². The van der Waals surface area contributed by atoms with Crippen molar-refractivity contribution >= 4 is 10.9 Å². The maximum Gasteiger partial charge on any atom is 0.231 e. The van der Waals surface area contributed by atoms with Crippen LogP contribution < -0.4 is 14.2 Å². The standard InChI is InChI=1S/C25H18FN3O3/c1-30-21-5-3-2-4-16(21)12-29-13-19-24(15-6-8-17(26)9-7-15)27-28-25(19)18-10-22-23(11-20(18)29)32-14-31-22/h2-11,13H,12,14H2,1H3.